The molecule has 1 aromatic heterocycles. The number of thioether (sulfide) groups is 1. The van der Waals surface area contributed by atoms with E-state index in [2.05, 4.69) is 23.3 Å². The van der Waals surface area contributed by atoms with Crippen LogP contribution >= 0.6 is 23.4 Å². The van der Waals surface area contributed by atoms with Crippen molar-refractivity contribution in [3.8, 4) is 12.3 Å². The molecule has 0 saturated carbocycles. The molecule has 0 saturated heterocycles. The highest BCUT2D eigenvalue weighted by molar-refractivity contribution is 7.99. The normalized spacial score (nSPS) is 11.9. The van der Waals surface area contributed by atoms with Crippen molar-refractivity contribution in [2.75, 3.05) is 18.1 Å². The maximum Gasteiger partial charge on any atom is 0.292 e. The standard InChI is InChI=1S/C11H14ClN3OS/c1-4-5-15-11(16)10(9(12)7-14-15)13-6-8(2)17-3/h1,7-8,13H,5-6H2,2-3H3. The van der Waals surface area contributed by atoms with Crippen LogP contribution in [-0.2, 0) is 6.54 Å². The largest absolute Gasteiger partial charge is 0.378 e. The highest BCUT2D eigenvalue weighted by Gasteiger charge is 2.10. The second kappa shape index (κ2) is 6.58. The van der Waals surface area contributed by atoms with E-state index in [-0.39, 0.29) is 12.1 Å². The summed E-state index contributed by atoms with van der Waals surface area (Å²) in [6, 6.07) is 0. The summed E-state index contributed by atoms with van der Waals surface area (Å²) in [5.74, 6) is 2.37. The zero-order chi connectivity index (χ0) is 12.8. The molecular weight excluding hydrogens is 258 g/mol. The van der Waals surface area contributed by atoms with Crippen molar-refractivity contribution in [1.29, 1.82) is 0 Å². The van der Waals surface area contributed by atoms with Crippen molar-refractivity contribution in [3.63, 3.8) is 0 Å². The summed E-state index contributed by atoms with van der Waals surface area (Å²) in [6.07, 6.45) is 8.59. The summed E-state index contributed by atoms with van der Waals surface area (Å²) in [5.41, 5.74) is 0.0709. The van der Waals surface area contributed by atoms with Crippen LogP contribution in [0.1, 0.15) is 6.92 Å². The van der Waals surface area contributed by atoms with Crippen LogP contribution in [-0.4, -0.2) is 27.8 Å². The molecule has 0 spiro atoms. The summed E-state index contributed by atoms with van der Waals surface area (Å²) in [7, 11) is 0. The van der Waals surface area contributed by atoms with Crippen molar-refractivity contribution < 1.29 is 0 Å². The van der Waals surface area contributed by atoms with Gasteiger partial charge in [0.2, 0.25) is 0 Å². The highest BCUT2D eigenvalue weighted by Crippen LogP contribution is 2.16. The Morgan fingerprint density at radius 1 is 1.76 bits per heavy atom. The second-order valence-corrected chi connectivity index (χ2v) is 5.14. The lowest BCUT2D eigenvalue weighted by molar-refractivity contribution is 0.664. The van der Waals surface area contributed by atoms with Crippen LogP contribution in [0.4, 0.5) is 5.69 Å². The molecule has 1 rings (SSSR count). The van der Waals surface area contributed by atoms with Crippen molar-refractivity contribution in [1.82, 2.24) is 9.78 Å². The second-order valence-electron chi connectivity index (χ2n) is 3.46. The van der Waals surface area contributed by atoms with E-state index in [1.54, 1.807) is 11.8 Å². The Morgan fingerprint density at radius 3 is 3.06 bits per heavy atom. The molecule has 0 amide bonds. The third kappa shape index (κ3) is 3.69. The predicted molar refractivity (Wildman–Crippen MR) is 73.8 cm³/mol. The van der Waals surface area contributed by atoms with Crippen LogP contribution in [0.25, 0.3) is 0 Å². The minimum absolute atomic E-state index is 0.142. The molecule has 0 aliphatic rings. The minimum Gasteiger partial charge on any atom is -0.378 e. The molecule has 1 atom stereocenters. The van der Waals surface area contributed by atoms with Crippen LogP contribution in [0.3, 0.4) is 0 Å². The van der Waals surface area contributed by atoms with Crippen LogP contribution in [0.2, 0.25) is 5.02 Å². The van der Waals surface area contributed by atoms with E-state index in [0.717, 1.165) is 0 Å². The van der Waals surface area contributed by atoms with Crippen molar-refractivity contribution in [3.05, 3.63) is 21.6 Å². The van der Waals surface area contributed by atoms with E-state index in [1.165, 1.54) is 10.9 Å². The SMILES string of the molecule is C#CCn1ncc(Cl)c(NCC(C)SC)c1=O. The Balaban J connectivity index is 2.94. The number of hydrogen-bond donors (Lipinski definition) is 1. The highest BCUT2D eigenvalue weighted by atomic mass is 35.5. The van der Waals surface area contributed by atoms with Gasteiger partial charge in [0.15, 0.2) is 0 Å². The Labute approximate surface area is 110 Å². The molecule has 0 bridgehead atoms. The summed E-state index contributed by atoms with van der Waals surface area (Å²) >= 11 is 7.64. The third-order valence-electron chi connectivity index (χ3n) is 2.21. The molecule has 17 heavy (non-hydrogen) atoms. The van der Waals surface area contributed by atoms with Crippen LogP contribution in [0.5, 0.6) is 0 Å². The molecule has 1 aromatic rings. The van der Waals surface area contributed by atoms with Crippen LogP contribution < -0.4 is 10.9 Å². The van der Waals surface area contributed by atoms with Gasteiger partial charge in [0, 0.05) is 11.8 Å². The molecule has 92 valence electrons. The number of aromatic nitrogens is 2. The Morgan fingerprint density at radius 2 is 2.47 bits per heavy atom. The molecule has 1 heterocycles. The Kier molecular flexibility index (Phi) is 5.39. The lowest BCUT2D eigenvalue weighted by atomic mass is 10.4. The molecular formula is C11H14ClN3OS. The average Bonchev–Trinajstić information content (AvgIpc) is 2.32. The minimum atomic E-state index is -0.288. The van der Waals surface area contributed by atoms with Gasteiger partial charge in [-0.15, -0.1) is 6.42 Å². The molecule has 1 N–H and O–H groups in total. The number of terminal acetylenes is 1. The quantitative estimate of drug-likeness (QED) is 0.828. The van der Waals surface area contributed by atoms with Gasteiger partial charge in [0.1, 0.15) is 12.2 Å². The van der Waals surface area contributed by atoms with Gasteiger partial charge in [-0.05, 0) is 6.26 Å². The van der Waals surface area contributed by atoms with Crippen LogP contribution in [0.15, 0.2) is 11.0 Å². The molecule has 0 radical (unpaired) electrons. The third-order valence-corrected chi connectivity index (χ3v) is 3.47. The number of nitrogens with one attached hydrogen (secondary N) is 1. The zero-order valence-electron chi connectivity index (χ0n) is 9.74. The van der Waals surface area contributed by atoms with E-state index >= 15 is 0 Å². The fourth-order valence-corrected chi connectivity index (χ4v) is 1.60. The molecule has 0 fully saturated rings. The van der Waals surface area contributed by atoms with E-state index in [1.807, 2.05) is 6.26 Å². The first kappa shape index (κ1) is 13.9. The van der Waals surface area contributed by atoms with Gasteiger partial charge in [-0.3, -0.25) is 4.79 Å². The van der Waals surface area contributed by atoms with E-state index in [9.17, 15) is 4.79 Å². The molecule has 0 aromatic carbocycles. The van der Waals surface area contributed by atoms with Gasteiger partial charge in [0.25, 0.3) is 5.56 Å². The van der Waals surface area contributed by atoms with E-state index in [0.29, 0.717) is 22.5 Å². The van der Waals surface area contributed by atoms with E-state index < -0.39 is 0 Å². The molecule has 1 unspecified atom stereocenters. The summed E-state index contributed by atoms with van der Waals surface area (Å²) in [6.45, 7) is 2.87. The van der Waals surface area contributed by atoms with Crippen molar-refractivity contribution in [2.45, 2.75) is 18.7 Å². The van der Waals surface area contributed by atoms with Crippen molar-refractivity contribution >= 4 is 29.1 Å². The van der Waals surface area contributed by atoms with Gasteiger partial charge < -0.3 is 5.32 Å². The zero-order valence-corrected chi connectivity index (χ0v) is 11.3. The Hall–Kier alpha value is -1.12. The van der Waals surface area contributed by atoms with Gasteiger partial charge in [0.05, 0.1) is 11.2 Å². The van der Waals surface area contributed by atoms with Gasteiger partial charge in [-0.1, -0.05) is 24.4 Å². The van der Waals surface area contributed by atoms with Gasteiger partial charge in [-0.2, -0.15) is 16.9 Å². The smallest absolute Gasteiger partial charge is 0.292 e. The monoisotopic (exact) mass is 271 g/mol. The lowest BCUT2D eigenvalue weighted by Crippen LogP contribution is -2.27. The molecule has 0 aliphatic carbocycles. The maximum atomic E-state index is 11.9. The lowest BCUT2D eigenvalue weighted by Gasteiger charge is -2.12. The molecule has 4 nitrogen and oxygen atoms in total. The molecule has 6 heteroatoms. The van der Waals surface area contributed by atoms with Crippen LogP contribution in [0, 0.1) is 12.3 Å². The Bertz CT molecular complexity index is 481. The number of hydrogen-bond acceptors (Lipinski definition) is 4. The summed E-state index contributed by atoms with van der Waals surface area (Å²) in [4.78, 5) is 11.9. The van der Waals surface area contributed by atoms with E-state index in [4.69, 9.17) is 18.0 Å². The number of nitrogens with zero attached hydrogens (tertiary/aromatic N) is 2. The number of rotatable bonds is 5. The maximum absolute atomic E-state index is 11.9. The predicted octanol–water partition coefficient (Wildman–Crippen LogP) is 1.69. The van der Waals surface area contributed by atoms with Gasteiger partial charge in [-0.25, -0.2) is 4.68 Å². The number of halogens is 1. The summed E-state index contributed by atoms with van der Waals surface area (Å²) in [5, 5.41) is 7.60. The topological polar surface area (TPSA) is 46.9 Å². The first-order valence-corrected chi connectivity index (χ1v) is 6.72. The van der Waals surface area contributed by atoms with Crippen molar-refractivity contribution in [2.24, 2.45) is 0 Å². The fraction of sp³-hybridized carbons (Fsp3) is 0.455. The fourth-order valence-electron chi connectivity index (χ4n) is 1.16. The van der Waals surface area contributed by atoms with Gasteiger partial charge >= 0.3 is 0 Å². The first-order chi connectivity index (χ1) is 8.10. The number of anilines is 1. The first-order valence-electron chi connectivity index (χ1n) is 5.06. The average molecular weight is 272 g/mol. The summed E-state index contributed by atoms with van der Waals surface area (Å²) < 4.78 is 1.21. The molecule has 0 aliphatic heterocycles.